The lowest BCUT2D eigenvalue weighted by atomic mass is 10.0. The molecule has 0 saturated carbocycles. The fourth-order valence-corrected chi connectivity index (χ4v) is 4.12. The van der Waals surface area contributed by atoms with Crippen molar-refractivity contribution in [2.75, 3.05) is 12.4 Å². The molecule has 0 bridgehead atoms. The van der Waals surface area contributed by atoms with Crippen LogP contribution in [0.4, 0.5) is 0 Å². The molecular formula is C14H27NO3S. The molecule has 2 N–H and O–H groups in total. The quantitative estimate of drug-likeness (QED) is 0.761. The molecule has 2 unspecified atom stereocenters. The van der Waals surface area contributed by atoms with Crippen LogP contribution in [0.1, 0.15) is 47.5 Å². The summed E-state index contributed by atoms with van der Waals surface area (Å²) in [7, 11) is 0. The van der Waals surface area contributed by atoms with Gasteiger partial charge >= 0.3 is 5.97 Å². The number of thioether (sulfide) groups is 1. The first-order chi connectivity index (χ1) is 8.68. The Balaban J connectivity index is 2.35. The number of ether oxygens (including phenoxy) is 2. The van der Waals surface area contributed by atoms with Crippen molar-refractivity contribution in [3.8, 4) is 0 Å². The van der Waals surface area contributed by atoms with Crippen molar-refractivity contribution < 1.29 is 14.3 Å². The Morgan fingerprint density at radius 1 is 1.47 bits per heavy atom. The van der Waals surface area contributed by atoms with Gasteiger partial charge in [-0.15, -0.1) is 0 Å². The first kappa shape index (κ1) is 16.8. The van der Waals surface area contributed by atoms with E-state index >= 15 is 0 Å². The molecule has 1 aliphatic rings. The average Bonchev–Trinajstić information content (AvgIpc) is 2.46. The molecule has 0 aromatic carbocycles. The molecule has 4 nitrogen and oxygen atoms in total. The molecule has 1 rings (SSSR count). The molecule has 0 aromatic heterocycles. The highest BCUT2D eigenvalue weighted by atomic mass is 32.2. The first-order valence-corrected chi connectivity index (χ1v) is 7.97. The Kier molecular flexibility index (Phi) is 5.71. The monoisotopic (exact) mass is 289 g/mol. The number of esters is 1. The van der Waals surface area contributed by atoms with Crippen LogP contribution in [0.2, 0.25) is 0 Å². The zero-order valence-electron chi connectivity index (χ0n) is 12.7. The van der Waals surface area contributed by atoms with Crippen LogP contribution in [0.5, 0.6) is 0 Å². The van der Waals surface area contributed by atoms with Gasteiger partial charge in [0.1, 0.15) is 6.04 Å². The van der Waals surface area contributed by atoms with Gasteiger partial charge in [0, 0.05) is 5.25 Å². The topological polar surface area (TPSA) is 61.5 Å². The van der Waals surface area contributed by atoms with E-state index in [4.69, 9.17) is 15.2 Å². The maximum atomic E-state index is 11.4. The van der Waals surface area contributed by atoms with E-state index in [-0.39, 0.29) is 17.2 Å². The number of carbonyl (C=O) groups excluding carboxylic acids is 1. The maximum Gasteiger partial charge on any atom is 0.322 e. The van der Waals surface area contributed by atoms with E-state index in [0.717, 1.165) is 12.2 Å². The molecule has 1 saturated heterocycles. The molecule has 0 aromatic rings. The SMILES string of the molecule is CCOC(=O)C(N)CCSC1CC(C)(C)OC1(C)C. The second-order valence-corrected chi connectivity index (χ2v) is 7.49. The molecule has 2 atom stereocenters. The van der Waals surface area contributed by atoms with Gasteiger partial charge in [-0.1, -0.05) is 0 Å². The third-order valence-electron chi connectivity index (χ3n) is 3.33. The van der Waals surface area contributed by atoms with Crippen molar-refractivity contribution in [2.45, 2.75) is 70.0 Å². The van der Waals surface area contributed by atoms with Crippen LogP contribution in [-0.4, -0.2) is 40.8 Å². The molecule has 0 spiro atoms. The molecule has 0 aliphatic carbocycles. The summed E-state index contributed by atoms with van der Waals surface area (Å²) in [6.07, 6.45) is 1.68. The van der Waals surface area contributed by atoms with E-state index in [1.165, 1.54) is 0 Å². The van der Waals surface area contributed by atoms with E-state index in [1.54, 1.807) is 6.92 Å². The third kappa shape index (κ3) is 4.97. The van der Waals surface area contributed by atoms with Crippen molar-refractivity contribution in [3.63, 3.8) is 0 Å². The molecule has 1 fully saturated rings. The van der Waals surface area contributed by atoms with Crippen LogP contribution in [0.3, 0.4) is 0 Å². The maximum absolute atomic E-state index is 11.4. The van der Waals surface area contributed by atoms with Crippen molar-refractivity contribution in [3.05, 3.63) is 0 Å². The lowest BCUT2D eigenvalue weighted by molar-refractivity contribution is -0.144. The Bertz CT molecular complexity index is 318. The largest absolute Gasteiger partial charge is 0.465 e. The Morgan fingerprint density at radius 3 is 2.58 bits per heavy atom. The first-order valence-electron chi connectivity index (χ1n) is 6.92. The predicted octanol–water partition coefficient (Wildman–Crippen LogP) is 2.35. The van der Waals surface area contributed by atoms with Gasteiger partial charge in [-0.3, -0.25) is 4.79 Å². The summed E-state index contributed by atoms with van der Waals surface area (Å²) in [6.45, 7) is 10.7. The second kappa shape index (κ2) is 6.46. The van der Waals surface area contributed by atoms with Crippen LogP contribution in [0.25, 0.3) is 0 Å². The Morgan fingerprint density at radius 2 is 2.11 bits per heavy atom. The van der Waals surface area contributed by atoms with Crippen LogP contribution >= 0.6 is 11.8 Å². The standard InChI is InChI=1S/C14H27NO3S/c1-6-17-12(16)10(15)7-8-19-11-9-13(2,3)18-14(11,4)5/h10-11H,6-9,15H2,1-5H3. The number of rotatable bonds is 6. The molecule has 1 aliphatic heterocycles. The van der Waals surface area contributed by atoms with Crippen LogP contribution < -0.4 is 5.73 Å². The number of carbonyl (C=O) groups is 1. The van der Waals surface area contributed by atoms with E-state index in [0.29, 0.717) is 18.3 Å². The molecule has 112 valence electrons. The number of nitrogens with two attached hydrogens (primary N) is 1. The highest BCUT2D eigenvalue weighted by Gasteiger charge is 2.45. The third-order valence-corrected chi connectivity index (χ3v) is 4.94. The van der Waals surface area contributed by atoms with Gasteiger partial charge < -0.3 is 15.2 Å². The normalized spacial score (nSPS) is 26.1. The minimum Gasteiger partial charge on any atom is -0.465 e. The van der Waals surface area contributed by atoms with Crippen molar-refractivity contribution >= 4 is 17.7 Å². The zero-order chi connectivity index (χ0) is 14.7. The van der Waals surface area contributed by atoms with Crippen LogP contribution in [-0.2, 0) is 14.3 Å². The lowest BCUT2D eigenvalue weighted by Crippen LogP contribution is -2.34. The molecule has 5 heteroatoms. The number of hydrogen-bond donors (Lipinski definition) is 1. The highest BCUT2D eigenvalue weighted by molar-refractivity contribution is 8.00. The summed E-state index contributed by atoms with van der Waals surface area (Å²) >= 11 is 1.84. The summed E-state index contributed by atoms with van der Waals surface area (Å²) in [5.74, 6) is 0.554. The minimum absolute atomic E-state index is 0.0651. The zero-order valence-corrected chi connectivity index (χ0v) is 13.5. The minimum atomic E-state index is -0.508. The number of hydrogen-bond acceptors (Lipinski definition) is 5. The Labute approximate surface area is 120 Å². The van der Waals surface area contributed by atoms with Gasteiger partial charge in [-0.25, -0.2) is 0 Å². The second-order valence-electron chi connectivity index (χ2n) is 6.18. The summed E-state index contributed by atoms with van der Waals surface area (Å²) in [5, 5.41) is 0.442. The molecule has 1 heterocycles. The van der Waals surface area contributed by atoms with Crippen molar-refractivity contribution in [1.82, 2.24) is 0 Å². The summed E-state index contributed by atoms with van der Waals surface area (Å²) in [6, 6.07) is -0.508. The van der Waals surface area contributed by atoms with Gasteiger partial charge in [-0.05, 0) is 53.2 Å². The fourth-order valence-electron chi connectivity index (χ4n) is 2.48. The van der Waals surface area contributed by atoms with E-state index in [2.05, 4.69) is 27.7 Å². The lowest BCUT2D eigenvalue weighted by Gasteiger charge is -2.27. The molecule has 19 heavy (non-hydrogen) atoms. The summed E-state index contributed by atoms with van der Waals surface area (Å²) < 4.78 is 11.0. The van der Waals surface area contributed by atoms with E-state index < -0.39 is 6.04 Å². The van der Waals surface area contributed by atoms with Gasteiger partial charge in [-0.2, -0.15) is 11.8 Å². The smallest absolute Gasteiger partial charge is 0.322 e. The molecule has 0 radical (unpaired) electrons. The predicted molar refractivity (Wildman–Crippen MR) is 79.3 cm³/mol. The summed E-state index contributed by atoms with van der Waals surface area (Å²) in [5.41, 5.74) is 5.60. The summed E-state index contributed by atoms with van der Waals surface area (Å²) in [4.78, 5) is 11.4. The fraction of sp³-hybridized carbons (Fsp3) is 0.929. The highest BCUT2D eigenvalue weighted by Crippen LogP contribution is 2.43. The molecule has 0 amide bonds. The van der Waals surface area contributed by atoms with Gasteiger partial charge in [0.05, 0.1) is 17.8 Å². The Hall–Kier alpha value is -0.260. The van der Waals surface area contributed by atoms with Crippen molar-refractivity contribution in [1.29, 1.82) is 0 Å². The van der Waals surface area contributed by atoms with Gasteiger partial charge in [0.25, 0.3) is 0 Å². The molecular weight excluding hydrogens is 262 g/mol. The van der Waals surface area contributed by atoms with E-state index in [9.17, 15) is 4.79 Å². The van der Waals surface area contributed by atoms with Crippen LogP contribution in [0, 0.1) is 0 Å². The van der Waals surface area contributed by atoms with Crippen LogP contribution in [0.15, 0.2) is 0 Å². The van der Waals surface area contributed by atoms with E-state index in [1.807, 2.05) is 11.8 Å². The van der Waals surface area contributed by atoms with Gasteiger partial charge in [0.15, 0.2) is 0 Å². The average molecular weight is 289 g/mol. The van der Waals surface area contributed by atoms with Gasteiger partial charge in [0.2, 0.25) is 0 Å². The van der Waals surface area contributed by atoms with Crippen molar-refractivity contribution in [2.24, 2.45) is 5.73 Å².